The van der Waals surface area contributed by atoms with Gasteiger partial charge in [0.05, 0.1) is 23.3 Å². The number of anilines is 4. The Labute approximate surface area is 152 Å². The molecule has 0 aliphatic heterocycles. The normalized spacial score (nSPS) is 10.5. The lowest BCUT2D eigenvalue weighted by molar-refractivity contribution is 1.05. The summed E-state index contributed by atoms with van der Waals surface area (Å²) in [6, 6.07) is 9.91. The highest BCUT2D eigenvalue weighted by Crippen LogP contribution is 2.25. The first-order valence-electron chi connectivity index (χ1n) is 8.42. The van der Waals surface area contributed by atoms with Crippen LogP contribution in [0.2, 0.25) is 0 Å². The number of pyridine rings is 1. The Bertz CT molecular complexity index is 908. The second-order valence-electron chi connectivity index (χ2n) is 6.10. The minimum absolute atomic E-state index is 0.249. The number of benzene rings is 1. The molecule has 0 radical (unpaired) electrons. The molecule has 0 fully saturated rings. The molecule has 0 aliphatic carbocycles. The van der Waals surface area contributed by atoms with Gasteiger partial charge < -0.3 is 22.1 Å². The Morgan fingerprint density at radius 2 is 1.77 bits per heavy atom. The molecule has 2 aromatic heterocycles. The Morgan fingerprint density at radius 3 is 2.58 bits per heavy atom. The van der Waals surface area contributed by atoms with E-state index in [-0.39, 0.29) is 5.95 Å². The third kappa shape index (κ3) is 4.18. The van der Waals surface area contributed by atoms with E-state index < -0.39 is 0 Å². The molecule has 0 saturated heterocycles. The number of rotatable bonds is 6. The molecule has 134 valence electrons. The number of nitrogen functional groups attached to an aromatic ring is 2. The van der Waals surface area contributed by atoms with Crippen LogP contribution >= 0.6 is 0 Å². The van der Waals surface area contributed by atoms with Crippen molar-refractivity contribution in [3.63, 3.8) is 0 Å². The summed E-state index contributed by atoms with van der Waals surface area (Å²) in [6.45, 7) is 5.52. The SMILES string of the molecule is Cc1cccc(-c2cc(NCCNc3cncc(N)c3)nc(N)n2)c1C. The zero-order valence-corrected chi connectivity index (χ0v) is 15.0. The molecule has 26 heavy (non-hydrogen) atoms. The predicted molar refractivity (Wildman–Crippen MR) is 107 cm³/mol. The Hall–Kier alpha value is -3.35. The van der Waals surface area contributed by atoms with Gasteiger partial charge in [0, 0.05) is 30.9 Å². The molecule has 0 amide bonds. The molecular weight excluding hydrogens is 326 g/mol. The molecule has 7 heteroatoms. The number of aryl methyl sites for hydroxylation is 1. The Morgan fingerprint density at radius 1 is 0.962 bits per heavy atom. The summed E-state index contributed by atoms with van der Waals surface area (Å²) < 4.78 is 0. The van der Waals surface area contributed by atoms with E-state index in [1.807, 2.05) is 24.3 Å². The van der Waals surface area contributed by atoms with Crippen molar-refractivity contribution in [3.8, 4) is 11.3 Å². The van der Waals surface area contributed by atoms with Crippen LogP contribution in [0.4, 0.5) is 23.1 Å². The van der Waals surface area contributed by atoms with E-state index in [1.54, 1.807) is 12.4 Å². The third-order valence-corrected chi connectivity index (χ3v) is 4.14. The zero-order chi connectivity index (χ0) is 18.5. The van der Waals surface area contributed by atoms with Gasteiger partial charge in [-0.25, -0.2) is 4.98 Å². The van der Waals surface area contributed by atoms with Crippen LogP contribution in [0.5, 0.6) is 0 Å². The van der Waals surface area contributed by atoms with Gasteiger partial charge in [0.25, 0.3) is 0 Å². The second-order valence-corrected chi connectivity index (χ2v) is 6.10. The molecule has 0 atom stereocenters. The predicted octanol–water partition coefficient (Wildman–Crippen LogP) is 2.84. The summed E-state index contributed by atoms with van der Waals surface area (Å²) in [5, 5.41) is 6.52. The van der Waals surface area contributed by atoms with Crippen LogP contribution in [0.3, 0.4) is 0 Å². The lowest BCUT2D eigenvalue weighted by Gasteiger charge is -2.12. The van der Waals surface area contributed by atoms with Gasteiger partial charge in [0.1, 0.15) is 5.82 Å². The fourth-order valence-electron chi connectivity index (χ4n) is 2.67. The van der Waals surface area contributed by atoms with E-state index in [4.69, 9.17) is 11.5 Å². The third-order valence-electron chi connectivity index (χ3n) is 4.14. The average molecular weight is 349 g/mol. The number of hydrogen-bond donors (Lipinski definition) is 4. The highest BCUT2D eigenvalue weighted by atomic mass is 15.1. The minimum Gasteiger partial charge on any atom is -0.397 e. The van der Waals surface area contributed by atoms with Crippen molar-refractivity contribution in [2.24, 2.45) is 0 Å². The van der Waals surface area contributed by atoms with Gasteiger partial charge in [0.2, 0.25) is 5.95 Å². The summed E-state index contributed by atoms with van der Waals surface area (Å²) in [6.07, 6.45) is 3.35. The van der Waals surface area contributed by atoms with Crippen LogP contribution in [-0.4, -0.2) is 28.0 Å². The van der Waals surface area contributed by atoms with Crippen LogP contribution in [0.15, 0.2) is 42.7 Å². The maximum atomic E-state index is 5.90. The Kier molecular flexibility index (Phi) is 5.17. The molecule has 0 saturated carbocycles. The van der Waals surface area contributed by atoms with Crippen LogP contribution < -0.4 is 22.1 Å². The molecule has 7 nitrogen and oxygen atoms in total. The van der Waals surface area contributed by atoms with Crippen molar-refractivity contribution >= 4 is 23.1 Å². The number of nitrogens with one attached hydrogen (secondary N) is 2. The fraction of sp³-hybridized carbons (Fsp3) is 0.211. The first-order valence-corrected chi connectivity index (χ1v) is 8.42. The first-order chi connectivity index (χ1) is 12.5. The maximum absolute atomic E-state index is 5.90. The molecule has 6 N–H and O–H groups in total. The van der Waals surface area contributed by atoms with Gasteiger partial charge in [-0.3, -0.25) is 4.98 Å². The van der Waals surface area contributed by atoms with E-state index in [1.165, 1.54) is 11.1 Å². The monoisotopic (exact) mass is 349 g/mol. The maximum Gasteiger partial charge on any atom is 0.222 e. The van der Waals surface area contributed by atoms with Crippen LogP contribution in [0, 0.1) is 13.8 Å². The quantitative estimate of drug-likeness (QED) is 0.506. The highest BCUT2D eigenvalue weighted by Gasteiger charge is 2.08. The number of nitrogens with zero attached hydrogens (tertiary/aromatic N) is 3. The smallest absolute Gasteiger partial charge is 0.222 e. The molecule has 0 bridgehead atoms. The molecule has 3 rings (SSSR count). The van der Waals surface area contributed by atoms with Gasteiger partial charge in [-0.2, -0.15) is 4.98 Å². The Balaban J connectivity index is 1.67. The topological polar surface area (TPSA) is 115 Å². The van der Waals surface area contributed by atoms with Gasteiger partial charge >= 0.3 is 0 Å². The molecule has 1 aromatic carbocycles. The van der Waals surface area contributed by atoms with Gasteiger partial charge in [-0.15, -0.1) is 0 Å². The van der Waals surface area contributed by atoms with E-state index in [2.05, 4.69) is 45.5 Å². The van der Waals surface area contributed by atoms with Crippen molar-refractivity contribution in [2.45, 2.75) is 13.8 Å². The van der Waals surface area contributed by atoms with Crippen molar-refractivity contribution in [3.05, 3.63) is 53.9 Å². The fourth-order valence-corrected chi connectivity index (χ4v) is 2.67. The summed E-state index contributed by atoms with van der Waals surface area (Å²) in [4.78, 5) is 12.7. The van der Waals surface area contributed by atoms with Crippen molar-refractivity contribution < 1.29 is 0 Å². The lowest BCUT2D eigenvalue weighted by atomic mass is 10.0. The van der Waals surface area contributed by atoms with Crippen molar-refractivity contribution in [2.75, 3.05) is 35.2 Å². The van der Waals surface area contributed by atoms with E-state index in [0.29, 0.717) is 24.6 Å². The standard InChI is InChI=1S/C19H23N7/c1-12-4-3-5-16(13(12)2)17-9-18(26-19(21)25-17)24-7-6-23-15-8-14(20)10-22-11-15/h3-5,8-11,23H,6-7,20H2,1-2H3,(H3,21,24,25,26). The van der Waals surface area contributed by atoms with Gasteiger partial charge in [-0.1, -0.05) is 18.2 Å². The molecule has 0 unspecified atom stereocenters. The van der Waals surface area contributed by atoms with Crippen LogP contribution in [0.1, 0.15) is 11.1 Å². The summed E-state index contributed by atoms with van der Waals surface area (Å²) in [5.41, 5.74) is 17.4. The summed E-state index contributed by atoms with van der Waals surface area (Å²) in [7, 11) is 0. The molecular formula is C19H23N7. The number of nitrogens with two attached hydrogens (primary N) is 2. The first kappa shape index (κ1) is 17.5. The van der Waals surface area contributed by atoms with Gasteiger partial charge in [-0.05, 0) is 31.0 Å². The van der Waals surface area contributed by atoms with E-state index >= 15 is 0 Å². The summed E-state index contributed by atoms with van der Waals surface area (Å²) >= 11 is 0. The van der Waals surface area contributed by atoms with Crippen LogP contribution in [-0.2, 0) is 0 Å². The molecule has 3 aromatic rings. The average Bonchev–Trinajstić information content (AvgIpc) is 2.61. The molecule has 0 spiro atoms. The summed E-state index contributed by atoms with van der Waals surface area (Å²) in [5.74, 6) is 0.944. The minimum atomic E-state index is 0.249. The van der Waals surface area contributed by atoms with Gasteiger partial charge in [0.15, 0.2) is 0 Å². The molecule has 0 aliphatic rings. The van der Waals surface area contributed by atoms with Crippen molar-refractivity contribution in [1.82, 2.24) is 15.0 Å². The van der Waals surface area contributed by atoms with Crippen LogP contribution in [0.25, 0.3) is 11.3 Å². The molecule has 2 heterocycles. The lowest BCUT2D eigenvalue weighted by Crippen LogP contribution is -2.15. The second kappa shape index (κ2) is 7.69. The zero-order valence-electron chi connectivity index (χ0n) is 15.0. The highest BCUT2D eigenvalue weighted by molar-refractivity contribution is 5.68. The largest absolute Gasteiger partial charge is 0.397 e. The number of hydrogen-bond acceptors (Lipinski definition) is 7. The van der Waals surface area contributed by atoms with E-state index in [0.717, 1.165) is 16.9 Å². The number of aromatic nitrogens is 3. The van der Waals surface area contributed by atoms with E-state index in [9.17, 15) is 0 Å². The van der Waals surface area contributed by atoms with Crippen molar-refractivity contribution in [1.29, 1.82) is 0 Å².